The second-order valence-electron chi connectivity index (χ2n) is 4.35. The number of ether oxygens (including phenoxy) is 2. The molecule has 2 atom stereocenters. The zero-order chi connectivity index (χ0) is 11.5. The van der Waals surface area contributed by atoms with Crippen molar-refractivity contribution in [3.05, 3.63) is 23.8 Å². The van der Waals surface area contributed by atoms with E-state index in [0.29, 0.717) is 12.0 Å². The third-order valence-electron chi connectivity index (χ3n) is 3.23. The van der Waals surface area contributed by atoms with Gasteiger partial charge in [-0.1, -0.05) is 6.07 Å². The standard InChI is InChI=1S/C13H19NO2/c1-9-6-10(8-14-9)12-5-4-11(15-2)7-13(12)16-3/h4-5,7,9-10,14H,6,8H2,1-3H3. The first-order valence-corrected chi connectivity index (χ1v) is 5.70. The van der Waals surface area contributed by atoms with E-state index in [1.54, 1.807) is 14.2 Å². The van der Waals surface area contributed by atoms with Crippen molar-refractivity contribution in [2.45, 2.75) is 25.3 Å². The van der Waals surface area contributed by atoms with E-state index in [1.165, 1.54) is 12.0 Å². The summed E-state index contributed by atoms with van der Waals surface area (Å²) in [4.78, 5) is 0. The maximum absolute atomic E-state index is 5.43. The smallest absolute Gasteiger partial charge is 0.126 e. The van der Waals surface area contributed by atoms with Crippen LogP contribution >= 0.6 is 0 Å². The SMILES string of the molecule is COc1ccc(C2CNC(C)C2)c(OC)c1. The highest BCUT2D eigenvalue weighted by atomic mass is 16.5. The summed E-state index contributed by atoms with van der Waals surface area (Å²) in [6, 6.07) is 6.66. The lowest BCUT2D eigenvalue weighted by molar-refractivity contribution is 0.389. The Morgan fingerprint density at radius 3 is 2.62 bits per heavy atom. The predicted molar refractivity (Wildman–Crippen MR) is 64.4 cm³/mol. The van der Waals surface area contributed by atoms with Crippen LogP contribution in [0.5, 0.6) is 11.5 Å². The van der Waals surface area contributed by atoms with Crippen LogP contribution < -0.4 is 14.8 Å². The van der Waals surface area contributed by atoms with Crippen LogP contribution in [0.2, 0.25) is 0 Å². The summed E-state index contributed by atoms with van der Waals surface area (Å²) < 4.78 is 10.6. The molecule has 0 amide bonds. The van der Waals surface area contributed by atoms with Crippen LogP contribution in [0.1, 0.15) is 24.8 Å². The average Bonchev–Trinajstić information content (AvgIpc) is 2.74. The Bertz CT molecular complexity index is 365. The summed E-state index contributed by atoms with van der Waals surface area (Å²) in [5.41, 5.74) is 1.28. The molecule has 1 heterocycles. The lowest BCUT2D eigenvalue weighted by Gasteiger charge is -2.15. The zero-order valence-electron chi connectivity index (χ0n) is 10.1. The topological polar surface area (TPSA) is 30.5 Å². The molecular formula is C13H19NO2. The molecule has 2 rings (SSSR count). The molecule has 0 radical (unpaired) electrons. The van der Waals surface area contributed by atoms with E-state index in [2.05, 4.69) is 18.3 Å². The van der Waals surface area contributed by atoms with Gasteiger partial charge in [-0.25, -0.2) is 0 Å². The summed E-state index contributed by atoms with van der Waals surface area (Å²) in [6.07, 6.45) is 1.17. The number of rotatable bonds is 3. The highest BCUT2D eigenvalue weighted by Crippen LogP contribution is 2.34. The van der Waals surface area contributed by atoms with Gasteiger partial charge in [-0.3, -0.25) is 0 Å². The molecule has 1 saturated heterocycles. The Balaban J connectivity index is 2.26. The first kappa shape index (κ1) is 11.3. The second kappa shape index (κ2) is 4.74. The van der Waals surface area contributed by atoms with Crippen LogP contribution in [-0.4, -0.2) is 26.8 Å². The maximum atomic E-state index is 5.43. The van der Waals surface area contributed by atoms with Crippen molar-refractivity contribution in [1.29, 1.82) is 0 Å². The Kier molecular flexibility index (Phi) is 3.34. The highest BCUT2D eigenvalue weighted by Gasteiger charge is 2.24. The summed E-state index contributed by atoms with van der Waals surface area (Å²) in [5, 5.41) is 3.46. The van der Waals surface area contributed by atoms with Gasteiger partial charge in [-0.15, -0.1) is 0 Å². The van der Waals surface area contributed by atoms with Crippen molar-refractivity contribution >= 4 is 0 Å². The van der Waals surface area contributed by atoms with E-state index in [4.69, 9.17) is 9.47 Å². The van der Waals surface area contributed by atoms with Gasteiger partial charge in [-0.2, -0.15) is 0 Å². The zero-order valence-corrected chi connectivity index (χ0v) is 10.1. The Labute approximate surface area is 96.8 Å². The van der Waals surface area contributed by atoms with Crippen molar-refractivity contribution in [1.82, 2.24) is 5.32 Å². The lowest BCUT2D eigenvalue weighted by atomic mass is 9.95. The van der Waals surface area contributed by atoms with Crippen LogP contribution in [-0.2, 0) is 0 Å². The normalized spacial score (nSPS) is 24.4. The lowest BCUT2D eigenvalue weighted by Crippen LogP contribution is -2.16. The average molecular weight is 221 g/mol. The van der Waals surface area contributed by atoms with Crippen molar-refractivity contribution < 1.29 is 9.47 Å². The fraction of sp³-hybridized carbons (Fsp3) is 0.538. The molecule has 1 aliphatic rings. The molecule has 1 N–H and O–H groups in total. The van der Waals surface area contributed by atoms with Crippen LogP contribution in [0, 0.1) is 0 Å². The Morgan fingerprint density at radius 2 is 2.06 bits per heavy atom. The van der Waals surface area contributed by atoms with E-state index in [-0.39, 0.29) is 0 Å². The van der Waals surface area contributed by atoms with E-state index in [0.717, 1.165) is 18.0 Å². The van der Waals surface area contributed by atoms with Crippen molar-refractivity contribution in [3.63, 3.8) is 0 Å². The van der Waals surface area contributed by atoms with Gasteiger partial charge < -0.3 is 14.8 Å². The maximum Gasteiger partial charge on any atom is 0.126 e. The quantitative estimate of drug-likeness (QED) is 0.848. The van der Waals surface area contributed by atoms with Crippen LogP contribution in [0.4, 0.5) is 0 Å². The molecule has 16 heavy (non-hydrogen) atoms. The van der Waals surface area contributed by atoms with E-state index < -0.39 is 0 Å². The molecule has 3 heteroatoms. The molecule has 0 bridgehead atoms. The van der Waals surface area contributed by atoms with Gasteiger partial charge in [0.1, 0.15) is 11.5 Å². The minimum Gasteiger partial charge on any atom is -0.497 e. The molecule has 3 nitrogen and oxygen atoms in total. The first-order chi connectivity index (χ1) is 7.74. The number of hydrogen-bond acceptors (Lipinski definition) is 3. The number of benzene rings is 1. The summed E-state index contributed by atoms with van der Waals surface area (Å²) in [5.74, 6) is 2.33. The molecule has 1 fully saturated rings. The molecule has 0 saturated carbocycles. The fourth-order valence-corrected chi connectivity index (χ4v) is 2.33. The minimum absolute atomic E-state index is 0.552. The van der Waals surface area contributed by atoms with Crippen LogP contribution in [0.15, 0.2) is 18.2 Å². The van der Waals surface area contributed by atoms with E-state index in [1.807, 2.05) is 12.1 Å². The number of methoxy groups -OCH3 is 2. The largest absolute Gasteiger partial charge is 0.497 e. The second-order valence-corrected chi connectivity index (χ2v) is 4.35. The minimum atomic E-state index is 0.552. The number of hydrogen-bond donors (Lipinski definition) is 1. The molecule has 1 aromatic rings. The molecule has 2 unspecified atom stereocenters. The summed E-state index contributed by atoms with van der Waals surface area (Å²) in [7, 11) is 3.39. The van der Waals surface area contributed by atoms with Gasteiger partial charge in [0, 0.05) is 24.6 Å². The first-order valence-electron chi connectivity index (χ1n) is 5.70. The summed E-state index contributed by atoms with van der Waals surface area (Å²) >= 11 is 0. The third kappa shape index (κ3) is 2.14. The van der Waals surface area contributed by atoms with Gasteiger partial charge >= 0.3 is 0 Å². The Morgan fingerprint density at radius 1 is 1.25 bits per heavy atom. The summed E-state index contributed by atoms with van der Waals surface area (Å²) in [6.45, 7) is 3.25. The molecular weight excluding hydrogens is 202 g/mol. The fourth-order valence-electron chi connectivity index (χ4n) is 2.33. The van der Waals surface area contributed by atoms with E-state index in [9.17, 15) is 0 Å². The van der Waals surface area contributed by atoms with Crippen molar-refractivity contribution in [2.75, 3.05) is 20.8 Å². The third-order valence-corrected chi connectivity index (χ3v) is 3.23. The molecule has 0 spiro atoms. The van der Waals surface area contributed by atoms with Gasteiger partial charge in [0.05, 0.1) is 14.2 Å². The molecule has 1 aliphatic heterocycles. The van der Waals surface area contributed by atoms with Crippen molar-refractivity contribution in [2.24, 2.45) is 0 Å². The van der Waals surface area contributed by atoms with Crippen LogP contribution in [0.25, 0.3) is 0 Å². The highest BCUT2D eigenvalue weighted by molar-refractivity contribution is 5.43. The molecule has 1 aromatic carbocycles. The number of nitrogens with one attached hydrogen (secondary N) is 1. The molecule has 0 aliphatic carbocycles. The van der Waals surface area contributed by atoms with Gasteiger partial charge in [0.15, 0.2) is 0 Å². The van der Waals surface area contributed by atoms with Gasteiger partial charge in [0.2, 0.25) is 0 Å². The van der Waals surface area contributed by atoms with Gasteiger partial charge in [-0.05, 0) is 25.0 Å². The van der Waals surface area contributed by atoms with Gasteiger partial charge in [0.25, 0.3) is 0 Å². The monoisotopic (exact) mass is 221 g/mol. The van der Waals surface area contributed by atoms with Crippen molar-refractivity contribution in [3.8, 4) is 11.5 Å². The predicted octanol–water partition coefficient (Wildman–Crippen LogP) is 2.17. The molecule has 88 valence electrons. The van der Waals surface area contributed by atoms with E-state index >= 15 is 0 Å². The Hall–Kier alpha value is -1.22. The van der Waals surface area contributed by atoms with Crippen LogP contribution in [0.3, 0.4) is 0 Å². The molecule has 0 aromatic heterocycles.